The summed E-state index contributed by atoms with van der Waals surface area (Å²) < 4.78 is 1.93. The van der Waals surface area contributed by atoms with E-state index >= 15 is 0 Å². The molecule has 3 aromatic rings. The Morgan fingerprint density at radius 3 is 2.83 bits per heavy atom. The lowest BCUT2D eigenvalue weighted by Crippen LogP contribution is -2.29. The number of aromatic nitrogens is 2. The van der Waals surface area contributed by atoms with Crippen LogP contribution in [0.15, 0.2) is 53.7 Å². The van der Waals surface area contributed by atoms with Crippen LogP contribution in [0.2, 0.25) is 0 Å². The number of hydrogen-bond donors (Lipinski definition) is 1. The standard InChI is InChI=1S/C19H19N3O2/c1-3-22-12-16(18(23)15-9-13(2)6-7-17(15)22)19(24)21-11-14-5-4-8-20-10-14/h4-10,12H,3,11H2,1-2H3,(H,21,24). The van der Waals surface area contributed by atoms with Crippen LogP contribution < -0.4 is 10.7 Å². The maximum absolute atomic E-state index is 12.7. The number of aryl methyl sites for hydroxylation is 2. The summed E-state index contributed by atoms with van der Waals surface area (Å²) in [6, 6.07) is 9.41. The first-order chi connectivity index (χ1) is 11.6. The number of pyridine rings is 2. The Morgan fingerprint density at radius 1 is 1.29 bits per heavy atom. The van der Waals surface area contributed by atoms with Gasteiger partial charge in [0.1, 0.15) is 5.56 Å². The van der Waals surface area contributed by atoms with E-state index < -0.39 is 0 Å². The van der Waals surface area contributed by atoms with Gasteiger partial charge in [-0.05, 0) is 37.6 Å². The first-order valence-corrected chi connectivity index (χ1v) is 7.91. The largest absolute Gasteiger partial charge is 0.348 e. The van der Waals surface area contributed by atoms with Crippen molar-refractivity contribution in [3.63, 3.8) is 0 Å². The number of hydrogen-bond acceptors (Lipinski definition) is 3. The van der Waals surface area contributed by atoms with Crippen LogP contribution in [0.5, 0.6) is 0 Å². The minimum atomic E-state index is -0.366. The van der Waals surface area contributed by atoms with Crippen molar-refractivity contribution in [2.45, 2.75) is 26.9 Å². The van der Waals surface area contributed by atoms with Crippen LogP contribution in [0.4, 0.5) is 0 Å². The van der Waals surface area contributed by atoms with Crippen LogP contribution in [0.3, 0.4) is 0 Å². The van der Waals surface area contributed by atoms with Crippen LogP contribution in [0.25, 0.3) is 10.9 Å². The van der Waals surface area contributed by atoms with E-state index in [-0.39, 0.29) is 16.9 Å². The van der Waals surface area contributed by atoms with Gasteiger partial charge in [0.25, 0.3) is 5.91 Å². The highest BCUT2D eigenvalue weighted by molar-refractivity contribution is 5.97. The Morgan fingerprint density at radius 2 is 2.12 bits per heavy atom. The number of carbonyl (C=O) groups is 1. The summed E-state index contributed by atoms with van der Waals surface area (Å²) in [6.07, 6.45) is 5.00. The highest BCUT2D eigenvalue weighted by Crippen LogP contribution is 2.14. The number of nitrogens with zero attached hydrogens (tertiary/aromatic N) is 2. The number of rotatable bonds is 4. The second kappa shape index (κ2) is 6.66. The molecule has 5 nitrogen and oxygen atoms in total. The molecule has 0 saturated heterocycles. The summed E-state index contributed by atoms with van der Waals surface area (Å²) in [4.78, 5) is 29.2. The summed E-state index contributed by atoms with van der Waals surface area (Å²) in [7, 11) is 0. The van der Waals surface area contributed by atoms with Crippen LogP contribution in [-0.4, -0.2) is 15.5 Å². The zero-order valence-corrected chi connectivity index (χ0v) is 13.7. The third kappa shape index (κ3) is 3.06. The molecule has 2 aromatic heterocycles. The molecule has 0 bridgehead atoms. The Kier molecular flexibility index (Phi) is 4.42. The van der Waals surface area contributed by atoms with Gasteiger partial charge in [-0.15, -0.1) is 0 Å². The lowest BCUT2D eigenvalue weighted by Gasteiger charge is -2.12. The second-order valence-electron chi connectivity index (χ2n) is 5.72. The third-order valence-corrected chi connectivity index (χ3v) is 4.00. The van der Waals surface area contributed by atoms with Gasteiger partial charge in [-0.2, -0.15) is 0 Å². The highest BCUT2D eigenvalue weighted by Gasteiger charge is 2.15. The van der Waals surface area contributed by atoms with Gasteiger partial charge < -0.3 is 9.88 Å². The molecular formula is C19H19N3O2. The minimum absolute atomic E-state index is 0.166. The molecule has 0 saturated carbocycles. The van der Waals surface area contributed by atoms with E-state index in [9.17, 15) is 9.59 Å². The predicted octanol–water partition coefficient (Wildman–Crippen LogP) is 2.65. The van der Waals surface area contributed by atoms with Crippen molar-refractivity contribution < 1.29 is 4.79 Å². The van der Waals surface area contributed by atoms with Gasteiger partial charge in [0.15, 0.2) is 0 Å². The van der Waals surface area contributed by atoms with Crippen LogP contribution >= 0.6 is 0 Å². The first kappa shape index (κ1) is 15.9. The zero-order chi connectivity index (χ0) is 17.1. The Hall–Kier alpha value is -2.95. The molecule has 24 heavy (non-hydrogen) atoms. The average Bonchev–Trinajstić information content (AvgIpc) is 2.61. The molecule has 0 radical (unpaired) electrons. The lowest BCUT2D eigenvalue weighted by molar-refractivity contribution is 0.0949. The number of carbonyl (C=O) groups excluding carboxylic acids is 1. The fourth-order valence-electron chi connectivity index (χ4n) is 2.71. The molecule has 5 heteroatoms. The van der Waals surface area contributed by atoms with Crippen molar-refractivity contribution in [2.24, 2.45) is 0 Å². The third-order valence-electron chi connectivity index (χ3n) is 4.00. The molecule has 1 amide bonds. The first-order valence-electron chi connectivity index (χ1n) is 7.91. The predicted molar refractivity (Wildman–Crippen MR) is 94.0 cm³/mol. The number of nitrogens with one attached hydrogen (secondary N) is 1. The van der Waals surface area contributed by atoms with E-state index in [1.165, 1.54) is 0 Å². The Bertz CT molecular complexity index is 946. The molecule has 0 unspecified atom stereocenters. The average molecular weight is 321 g/mol. The molecule has 1 aromatic carbocycles. The molecule has 3 rings (SSSR count). The summed E-state index contributed by atoms with van der Waals surface area (Å²) >= 11 is 0. The second-order valence-corrected chi connectivity index (χ2v) is 5.72. The molecule has 0 fully saturated rings. The van der Waals surface area contributed by atoms with Gasteiger partial charge in [-0.3, -0.25) is 14.6 Å². The fraction of sp³-hybridized carbons (Fsp3) is 0.211. The van der Waals surface area contributed by atoms with E-state index in [4.69, 9.17) is 0 Å². The SMILES string of the molecule is CCn1cc(C(=O)NCc2cccnc2)c(=O)c2cc(C)ccc21. The molecule has 0 atom stereocenters. The quantitative estimate of drug-likeness (QED) is 0.803. The van der Waals surface area contributed by atoms with Crippen molar-refractivity contribution in [1.29, 1.82) is 0 Å². The van der Waals surface area contributed by atoms with Gasteiger partial charge >= 0.3 is 0 Å². The molecule has 0 aliphatic carbocycles. The van der Waals surface area contributed by atoms with Gasteiger partial charge in [-0.1, -0.05) is 17.7 Å². The molecular weight excluding hydrogens is 302 g/mol. The van der Waals surface area contributed by atoms with Crippen molar-refractivity contribution in [3.05, 3.63) is 75.8 Å². The van der Waals surface area contributed by atoms with Gasteiger partial charge in [-0.25, -0.2) is 0 Å². The van der Waals surface area contributed by atoms with Gasteiger partial charge in [0.2, 0.25) is 5.43 Å². The Balaban J connectivity index is 1.98. The van der Waals surface area contributed by atoms with Gasteiger partial charge in [0, 0.05) is 37.1 Å². The van der Waals surface area contributed by atoms with E-state index in [1.807, 2.05) is 48.7 Å². The Labute approximate surface area is 140 Å². The molecule has 1 N–H and O–H groups in total. The summed E-state index contributed by atoms with van der Waals surface area (Å²) in [5, 5.41) is 3.37. The fourth-order valence-corrected chi connectivity index (χ4v) is 2.71. The van der Waals surface area contributed by atoms with Crippen molar-refractivity contribution in [2.75, 3.05) is 0 Å². The van der Waals surface area contributed by atoms with Crippen LogP contribution in [0, 0.1) is 6.92 Å². The highest BCUT2D eigenvalue weighted by atomic mass is 16.2. The number of amides is 1. The topological polar surface area (TPSA) is 64.0 Å². The monoisotopic (exact) mass is 321 g/mol. The molecule has 2 heterocycles. The summed E-state index contributed by atoms with van der Waals surface area (Å²) in [5.41, 5.74) is 2.66. The molecule has 0 spiro atoms. The van der Waals surface area contributed by atoms with E-state index in [0.29, 0.717) is 18.5 Å². The smallest absolute Gasteiger partial charge is 0.257 e. The number of fused-ring (bicyclic) bond motifs is 1. The number of benzene rings is 1. The molecule has 0 aliphatic heterocycles. The van der Waals surface area contributed by atoms with E-state index in [1.54, 1.807) is 18.6 Å². The van der Waals surface area contributed by atoms with Crippen LogP contribution in [-0.2, 0) is 13.1 Å². The van der Waals surface area contributed by atoms with Crippen molar-refractivity contribution >= 4 is 16.8 Å². The molecule has 122 valence electrons. The summed E-state index contributed by atoms with van der Waals surface area (Å²) in [6.45, 7) is 4.94. The van der Waals surface area contributed by atoms with Crippen molar-refractivity contribution in [1.82, 2.24) is 14.9 Å². The maximum atomic E-state index is 12.7. The molecule has 0 aliphatic rings. The normalized spacial score (nSPS) is 10.8. The lowest BCUT2D eigenvalue weighted by atomic mass is 10.1. The van der Waals surface area contributed by atoms with E-state index in [0.717, 1.165) is 16.6 Å². The van der Waals surface area contributed by atoms with Crippen LogP contribution in [0.1, 0.15) is 28.4 Å². The maximum Gasteiger partial charge on any atom is 0.257 e. The van der Waals surface area contributed by atoms with Gasteiger partial charge in [0.05, 0.1) is 5.52 Å². The summed E-state index contributed by atoms with van der Waals surface area (Å²) in [5.74, 6) is -0.366. The van der Waals surface area contributed by atoms with Crippen molar-refractivity contribution in [3.8, 4) is 0 Å². The minimum Gasteiger partial charge on any atom is -0.348 e. The zero-order valence-electron chi connectivity index (χ0n) is 13.7. The van der Waals surface area contributed by atoms with E-state index in [2.05, 4.69) is 10.3 Å².